The van der Waals surface area contributed by atoms with Crippen molar-refractivity contribution in [3.63, 3.8) is 0 Å². The van der Waals surface area contributed by atoms with Crippen LogP contribution in [0.15, 0.2) is 36.9 Å². The van der Waals surface area contributed by atoms with E-state index in [1.807, 2.05) is 12.1 Å². The summed E-state index contributed by atoms with van der Waals surface area (Å²) in [5.74, 6) is -0.330. The minimum atomic E-state index is -0.444. The summed E-state index contributed by atoms with van der Waals surface area (Å²) >= 11 is 0. The molecule has 1 unspecified atom stereocenters. The molecule has 2 heteroatoms. The van der Waals surface area contributed by atoms with Crippen LogP contribution in [-0.2, 0) is 21.6 Å². The van der Waals surface area contributed by atoms with Crippen LogP contribution in [0.4, 0.5) is 0 Å². The molecule has 0 aliphatic heterocycles. The predicted molar refractivity (Wildman–Crippen MR) is 67.6 cm³/mol. The topological polar surface area (TPSA) is 26.3 Å². The molecule has 0 bridgehead atoms. The lowest BCUT2D eigenvalue weighted by molar-refractivity contribution is -0.157. The van der Waals surface area contributed by atoms with Crippen LogP contribution in [0.2, 0.25) is 0 Å². The molecule has 0 radical (unpaired) electrons. The molecule has 90 valence electrons. The number of hydrogen-bond acceptors (Lipinski definition) is 2. The van der Waals surface area contributed by atoms with Gasteiger partial charge in [0.2, 0.25) is 0 Å². The van der Waals surface area contributed by atoms with E-state index in [-0.39, 0.29) is 5.97 Å². The third-order valence-electron chi connectivity index (χ3n) is 3.57. The van der Waals surface area contributed by atoms with Crippen LogP contribution in [0.1, 0.15) is 37.3 Å². The zero-order chi connectivity index (χ0) is 12.3. The van der Waals surface area contributed by atoms with Gasteiger partial charge in [-0.3, -0.25) is 0 Å². The van der Waals surface area contributed by atoms with Gasteiger partial charge in [0, 0.05) is 6.08 Å². The number of benzene rings is 1. The number of rotatable bonds is 3. The maximum Gasteiger partial charge on any atom is 0.331 e. The summed E-state index contributed by atoms with van der Waals surface area (Å²) in [6.07, 6.45) is 5.09. The molecule has 2 rings (SSSR count). The Balaban J connectivity index is 2.41. The normalized spacial score (nSPS) is 22.6. The lowest BCUT2D eigenvalue weighted by Crippen LogP contribution is -2.35. The van der Waals surface area contributed by atoms with E-state index < -0.39 is 5.60 Å². The third-order valence-corrected chi connectivity index (χ3v) is 3.57. The zero-order valence-electron chi connectivity index (χ0n) is 10.2. The zero-order valence-corrected chi connectivity index (χ0v) is 10.2. The van der Waals surface area contributed by atoms with Crippen molar-refractivity contribution >= 4 is 5.97 Å². The van der Waals surface area contributed by atoms with Crippen molar-refractivity contribution in [1.82, 2.24) is 0 Å². The number of esters is 1. The van der Waals surface area contributed by atoms with E-state index in [0.717, 1.165) is 25.7 Å². The molecule has 0 amide bonds. The Kier molecular flexibility index (Phi) is 3.32. The highest BCUT2D eigenvalue weighted by Gasteiger charge is 2.37. The Morgan fingerprint density at radius 1 is 1.53 bits per heavy atom. The smallest absolute Gasteiger partial charge is 0.331 e. The summed E-state index contributed by atoms with van der Waals surface area (Å²) in [7, 11) is 0. The van der Waals surface area contributed by atoms with Gasteiger partial charge in [0.05, 0.1) is 0 Å². The van der Waals surface area contributed by atoms with Gasteiger partial charge in [-0.25, -0.2) is 4.79 Å². The lowest BCUT2D eigenvalue weighted by atomic mass is 9.77. The van der Waals surface area contributed by atoms with Crippen molar-refractivity contribution in [3.05, 3.63) is 48.0 Å². The standard InChI is InChI=1S/C15H18O2/c1-3-14(16)17-15(4-2)11-7-9-12-8-5-6-10-13(12)15/h3,5-6,8,10H,1,4,7,9,11H2,2H3. The number of carbonyl (C=O) groups excluding carboxylic acids is 1. The first-order chi connectivity index (χ1) is 8.22. The first kappa shape index (κ1) is 11.9. The fraction of sp³-hybridized carbons (Fsp3) is 0.400. The molecule has 0 heterocycles. The molecule has 1 aromatic carbocycles. The van der Waals surface area contributed by atoms with Gasteiger partial charge in [0.15, 0.2) is 0 Å². The van der Waals surface area contributed by atoms with Crippen LogP contribution >= 0.6 is 0 Å². The Hall–Kier alpha value is -1.57. The monoisotopic (exact) mass is 230 g/mol. The molecule has 0 saturated heterocycles. The molecule has 1 atom stereocenters. The molecule has 1 aliphatic carbocycles. The number of fused-ring (bicyclic) bond motifs is 1. The number of carbonyl (C=O) groups is 1. The molecule has 0 N–H and O–H groups in total. The molecule has 1 aliphatic rings. The quantitative estimate of drug-likeness (QED) is 0.588. The van der Waals surface area contributed by atoms with Crippen LogP contribution in [-0.4, -0.2) is 5.97 Å². The van der Waals surface area contributed by atoms with Gasteiger partial charge in [-0.2, -0.15) is 0 Å². The van der Waals surface area contributed by atoms with E-state index in [0.29, 0.717) is 0 Å². The van der Waals surface area contributed by atoms with Crippen molar-refractivity contribution in [2.45, 2.75) is 38.2 Å². The second kappa shape index (κ2) is 4.74. The van der Waals surface area contributed by atoms with Crippen molar-refractivity contribution in [3.8, 4) is 0 Å². The van der Waals surface area contributed by atoms with Gasteiger partial charge >= 0.3 is 5.97 Å². The molecule has 2 nitrogen and oxygen atoms in total. The first-order valence-corrected chi connectivity index (χ1v) is 6.15. The molecular formula is C15H18O2. The van der Waals surface area contributed by atoms with Crippen LogP contribution in [0.5, 0.6) is 0 Å². The number of ether oxygens (including phenoxy) is 1. The summed E-state index contributed by atoms with van der Waals surface area (Å²) in [4.78, 5) is 11.5. The van der Waals surface area contributed by atoms with Crippen LogP contribution in [0.25, 0.3) is 0 Å². The summed E-state index contributed by atoms with van der Waals surface area (Å²) in [6.45, 7) is 5.54. The van der Waals surface area contributed by atoms with Gasteiger partial charge < -0.3 is 4.74 Å². The summed E-state index contributed by atoms with van der Waals surface area (Å²) in [5.41, 5.74) is 2.03. The predicted octanol–water partition coefficient (Wildman–Crippen LogP) is 3.36. The van der Waals surface area contributed by atoms with E-state index in [1.54, 1.807) is 0 Å². The minimum Gasteiger partial charge on any atom is -0.451 e. The van der Waals surface area contributed by atoms with E-state index in [2.05, 4.69) is 25.6 Å². The Morgan fingerprint density at radius 3 is 3.00 bits per heavy atom. The molecule has 0 fully saturated rings. The Morgan fingerprint density at radius 2 is 2.29 bits per heavy atom. The molecule has 0 aromatic heterocycles. The minimum absolute atomic E-state index is 0.330. The van der Waals surface area contributed by atoms with Gasteiger partial charge in [0.1, 0.15) is 5.60 Å². The number of aryl methyl sites for hydroxylation is 1. The highest BCUT2D eigenvalue weighted by Crippen LogP contribution is 2.41. The molecule has 0 spiro atoms. The molecule has 0 saturated carbocycles. The third kappa shape index (κ3) is 2.12. The van der Waals surface area contributed by atoms with Crippen molar-refractivity contribution in [2.75, 3.05) is 0 Å². The maximum absolute atomic E-state index is 11.5. The number of hydrogen-bond donors (Lipinski definition) is 0. The first-order valence-electron chi connectivity index (χ1n) is 6.15. The van der Waals surface area contributed by atoms with Crippen molar-refractivity contribution < 1.29 is 9.53 Å². The Bertz CT molecular complexity index is 436. The summed E-state index contributed by atoms with van der Waals surface area (Å²) in [6, 6.07) is 8.26. The summed E-state index contributed by atoms with van der Waals surface area (Å²) < 4.78 is 5.65. The van der Waals surface area contributed by atoms with Gasteiger partial charge in [0.25, 0.3) is 0 Å². The molecular weight excluding hydrogens is 212 g/mol. The largest absolute Gasteiger partial charge is 0.451 e. The van der Waals surface area contributed by atoms with Crippen molar-refractivity contribution in [2.24, 2.45) is 0 Å². The maximum atomic E-state index is 11.5. The van der Waals surface area contributed by atoms with E-state index >= 15 is 0 Å². The molecule has 1 aromatic rings. The second-order valence-corrected chi connectivity index (χ2v) is 4.48. The average molecular weight is 230 g/mol. The van der Waals surface area contributed by atoms with Gasteiger partial charge in [-0.1, -0.05) is 37.8 Å². The second-order valence-electron chi connectivity index (χ2n) is 4.48. The van der Waals surface area contributed by atoms with Crippen LogP contribution in [0.3, 0.4) is 0 Å². The van der Waals surface area contributed by atoms with Gasteiger partial charge in [-0.15, -0.1) is 0 Å². The van der Waals surface area contributed by atoms with E-state index in [4.69, 9.17) is 4.74 Å². The van der Waals surface area contributed by atoms with E-state index in [1.165, 1.54) is 17.2 Å². The lowest BCUT2D eigenvalue weighted by Gasteiger charge is -2.37. The molecule has 17 heavy (non-hydrogen) atoms. The van der Waals surface area contributed by atoms with Crippen LogP contribution < -0.4 is 0 Å². The average Bonchev–Trinajstić information content (AvgIpc) is 2.39. The summed E-state index contributed by atoms with van der Waals surface area (Å²) in [5, 5.41) is 0. The highest BCUT2D eigenvalue weighted by atomic mass is 16.6. The highest BCUT2D eigenvalue weighted by molar-refractivity contribution is 5.81. The van der Waals surface area contributed by atoms with E-state index in [9.17, 15) is 4.79 Å². The fourth-order valence-electron chi connectivity index (χ4n) is 2.66. The Labute approximate surface area is 102 Å². The fourth-order valence-corrected chi connectivity index (χ4v) is 2.66. The van der Waals surface area contributed by atoms with Crippen LogP contribution in [0, 0.1) is 0 Å². The SMILES string of the molecule is C=CC(=O)OC1(CC)CCCc2ccccc21. The van der Waals surface area contributed by atoms with Gasteiger partial charge in [-0.05, 0) is 36.8 Å². The van der Waals surface area contributed by atoms with Crippen molar-refractivity contribution in [1.29, 1.82) is 0 Å².